The van der Waals surface area contributed by atoms with Gasteiger partial charge in [-0.15, -0.1) is 0 Å². The van der Waals surface area contributed by atoms with Gasteiger partial charge < -0.3 is 9.84 Å². The second kappa shape index (κ2) is 5.57. The fraction of sp³-hybridized carbons (Fsp3) is 0.438. The molecule has 1 N–H and O–H groups in total. The van der Waals surface area contributed by atoms with Crippen LogP contribution in [0.25, 0.3) is 10.8 Å². The van der Waals surface area contributed by atoms with Crippen LogP contribution in [-0.4, -0.2) is 22.8 Å². The average molecular weight is 257 g/mol. The van der Waals surface area contributed by atoms with E-state index in [1.807, 2.05) is 18.2 Å². The Bertz CT molecular complexity index is 542. The Labute approximate surface area is 113 Å². The molecule has 0 atom stereocenters. The van der Waals surface area contributed by atoms with Crippen molar-refractivity contribution in [2.75, 3.05) is 6.61 Å². The fourth-order valence-electron chi connectivity index (χ4n) is 2.78. The molecule has 0 saturated heterocycles. The van der Waals surface area contributed by atoms with Crippen molar-refractivity contribution in [2.45, 2.75) is 31.8 Å². The van der Waals surface area contributed by atoms with Crippen molar-refractivity contribution < 1.29 is 9.84 Å². The third-order valence-electron chi connectivity index (χ3n) is 3.97. The van der Waals surface area contributed by atoms with E-state index in [4.69, 9.17) is 9.84 Å². The van der Waals surface area contributed by atoms with Crippen molar-refractivity contribution in [2.24, 2.45) is 5.92 Å². The van der Waals surface area contributed by atoms with E-state index in [9.17, 15) is 0 Å². The molecule has 1 aromatic heterocycles. The zero-order chi connectivity index (χ0) is 13.1. The average Bonchev–Trinajstić information content (AvgIpc) is 2.48. The van der Waals surface area contributed by atoms with Crippen LogP contribution in [0.4, 0.5) is 0 Å². The smallest absolute Gasteiger partial charge is 0.221 e. The summed E-state index contributed by atoms with van der Waals surface area (Å²) >= 11 is 0. The number of benzene rings is 1. The summed E-state index contributed by atoms with van der Waals surface area (Å²) in [6.07, 6.45) is 6.15. The summed E-state index contributed by atoms with van der Waals surface area (Å²) < 4.78 is 6.07. The fourth-order valence-corrected chi connectivity index (χ4v) is 2.78. The Kier molecular flexibility index (Phi) is 3.65. The molecule has 0 aliphatic heterocycles. The zero-order valence-electron chi connectivity index (χ0n) is 11.0. The van der Waals surface area contributed by atoms with Crippen molar-refractivity contribution in [3.63, 3.8) is 0 Å². The van der Waals surface area contributed by atoms with E-state index in [-0.39, 0.29) is 6.10 Å². The number of aliphatic hydroxyl groups is 1. The predicted molar refractivity (Wildman–Crippen MR) is 75.2 cm³/mol. The number of nitrogens with zero attached hydrogens (tertiary/aromatic N) is 1. The molecular formula is C16H19NO2. The summed E-state index contributed by atoms with van der Waals surface area (Å²) in [7, 11) is 0. The number of hydrogen-bond donors (Lipinski definition) is 1. The van der Waals surface area contributed by atoms with Crippen molar-refractivity contribution in [1.29, 1.82) is 0 Å². The Balaban J connectivity index is 1.75. The molecule has 1 fully saturated rings. The van der Waals surface area contributed by atoms with E-state index in [2.05, 4.69) is 17.1 Å². The van der Waals surface area contributed by atoms with Crippen molar-refractivity contribution in [1.82, 2.24) is 4.98 Å². The third kappa shape index (κ3) is 2.71. The van der Waals surface area contributed by atoms with Gasteiger partial charge in [-0.3, -0.25) is 0 Å². The van der Waals surface area contributed by atoms with Crippen molar-refractivity contribution in [3.8, 4) is 5.88 Å². The summed E-state index contributed by atoms with van der Waals surface area (Å²) in [5.41, 5.74) is 0. The highest BCUT2D eigenvalue weighted by atomic mass is 16.5. The molecule has 19 heavy (non-hydrogen) atoms. The second-order valence-electron chi connectivity index (χ2n) is 5.28. The number of pyridine rings is 1. The van der Waals surface area contributed by atoms with Gasteiger partial charge in [0.2, 0.25) is 5.88 Å². The molecule has 0 amide bonds. The lowest BCUT2D eigenvalue weighted by Gasteiger charge is -2.27. The van der Waals surface area contributed by atoms with E-state index >= 15 is 0 Å². The van der Waals surface area contributed by atoms with Crippen molar-refractivity contribution in [3.05, 3.63) is 36.5 Å². The quantitative estimate of drug-likeness (QED) is 0.918. The predicted octanol–water partition coefficient (Wildman–Crippen LogP) is 3.16. The SMILES string of the molecule is OCC1CCC(Oc2nccc3ccccc23)CC1. The maximum absolute atomic E-state index is 9.16. The largest absolute Gasteiger partial charge is 0.474 e. The highest BCUT2D eigenvalue weighted by Gasteiger charge is 2.22. The molecule has 0 spiro atoms. The van der Waals surface area contributed by atoms with Gasteiger partial charge in [0.1, 0.15) is 6.10 Å². The highest BCUT2D eigenvalue weighted by molar-refractivity contribution is 5.86. The van der Waals surface area contributed by atoms with Crippen LogP contribution in [0.1, 0.15) is 25.7 Å². The van der Waals surface area contributed by atoms with Gasteiger partial charge in [-0.25, -0.2) is 4.98 Å². The van der Waals surface area contributed by atoms with Gasteiger partial charge in [-0.05, 0) is 49.1 Å². The molecule has 1 aliphatic carbocycles. The van der Waals surface area contributed by atoms with E-state index in [0.29, 0.717) is 12.5 Å². The van der Waals surface area contributed by atoms with Gasteiger partial charge in [0.15, 0.2) is 0 Å². The molecule has 1 aliphatic rings. The van der Waals surface area contributed by atoms with Crippen LogP contribution in [-0.2, 0) is 0 Å². The van der Waals surface area contributed by atoms with Crippen LogP contribution in [0.3, 0.4) is 0 Å². The van der Waals surface area contributed by atoms with E-state index in [0.717, 1.165) is 42.3 Å². The molecule has 3 nitrogen and oxygen atoms in total. The van der Waals surface area contributed by atoms with Crippen LogP contribution in [0.5, 0.6) is 5.88 Å². The first-order valence-electron chi connectivity index (χ1n) is 6.98. The Morgan fingerprint density at radius 2 is 1.89 bits per heavy atom. The lowest BCUT2D eigenvalue weighted by atomic mass is 9.88. The van der Waals surface area contributed by atoms with Crippen LogP contribution >= 0.6 is 0 Å². The van der Waals surface area contributed by atoms with E-state index < -0.39 is 0 Å². The minimum atomic E-state index is 0.237. The summed E-state index contributed by atoms with van der Waals surface area (Å²) in [5.74, 6) is 1.20. The van der Waals surface area contributed by atoms with Gasteiger partial charge in [-0.2, -0.15) is 0 Å². The summed E-state index contributed by atoms with van der Waals surface area (Å²) in [4.78, 5) is 4.37. The van der Waals surface area contributed by atoms with Gasteiger partial charge in [-0.1, -0.05) is 18.2 Å². The van der Waals surface area contributed by atoms with Crippen LogP contribution < -0.4 is 4.74 Å². The van der Waals surface area contributed by atoms with Crippen LogP contribution in [0.2, 0.25) is 0 Å². The summed E-state index contributed by atoms with van der Waals surface area (Å²) in [6.45, 7) is 0.305. The number of aromatic nitrogens is 1. The number of ether oxygens (including phenoxy) is 1. The van der Waals surface area contributed by atoms with Gasteiger partial charge in [0, 0.05) is 18.2 Å². The van der Waals surface area contributed by atoms with Crippen LogP contribution in [0, 0.1) is 5.92 Å². The molecular weight excluding hydrogens is 238 g/mol. The third-order valence-corrected chi connectivity index (χ3v) is 3.97. The zero-order valence-corrected chi connectivity index (χ0v) is 11.0. The monoisotopic (exact) mass is 257 g/mol. The lowest BCUT2D eigenvalue weighted by molar-refractivity contribution is 0.102. The maximum atomic E-state index is 9.16. The summed E-state index contributed by atoms with van der Waals surface area (Å²) in [5, 5.41) is 11.4. The Morgan fingerprint density at radius 3 is 2.68 bits per heavy atom. The molecule has 100 valence electrons. The molecule has 0 bridgehead atoms. The number of rotatable bonds is 3. The maximum Gasteiger partial charge on any atom is 0.221 e. The standard InChI is InChI=1S/C16H19NO2/c18-11-12-5-7-14(8-6-12)19-16-15-4-2-1-3-13(15)9-10-17-16/h1-4,9-10,12,14,18H,5-8,11H2. The Morgan fingerprint density at radius 1 is 1.11 bits per heavy atom. The lowest BCUT2D eigenvalue weighted by Crippen LogP contribution is -2.25. The second-order valence-corrected chi connectivity index (χ2v) is 5.28. The minimum Gasteiger partial charge on any atom is -0.474 e. The molecule has 0 unspecified atom stereocenters. The molecule has 1 aromatic carbocycles. The van der Waals surface area contributed by atoms with E-state index in [1.54, 1.807) is 6.20 Å². The molecule has 1 saturated carbocycles. The molecule has 3 rings (SSSR count). The first-order chi connectivity index (χ1) is 9.36. The van der Waals surface area contributed by atoms with Crippen molar-refractivity contribution >= 4 is 10.8 Å². The van der Waals surface area contributed by atoms with Gasteiger partial charge in [0.25, 0.3) is 0 Å². The normalized spacial score (nSPS) is 23.4. The van der Waals surface area contributed by atoms with Gasteiger partial charge in [0.05, 0.1) is 0 Å². The number of hydrogen-bond acceptors (Lipinski definition) is 3. The van der Waals surface area contributed by atoms with Gasteiger partial charge >= 0.3 is 0 Å². The highest BCUT2D eigenvalue weighted by Crippen LogP contribution is 2.29. The first-order valence-corrected chi connectivity index (χ1v) is 6.98. The molecule has 0 radical (unpaired) electrons. The number of aliphatic hydroxyl groups excluding tert-OH is 1. The number of fused-ring (bicyclic) bond motifs is 1. The summed E-state index contributed by atoms with van der Waals surface area (Å²) in [6, 6.07) is 10.2. The van der Waals surface area contributed by atoms with Crippen LogP contribution in [0.15, 0.2) is 36.5 Å². The Hall–Kier alpha value is -1.61. The van der Waals surface area contributed by atoms with E-state index in [1.165, 1.54) is 0 Å². The topological polar surface area (TPSA) is 42.4 Å². The molecule has 2 aromatic rings. The molecule has 1 heterocycles. The minimum absolute atomic E-state index is 0.237. The molecule has 3 heteroatoms. The first kappa shape index (κ1) is 12.4.